The van der Waals surface area contributed by atoms with Crippen molar-refractivity contribution in [2.45, 2.75) is 353 Å². The van der Waals surface area contributed by atoms with Crippen LogP contribution in [0.2, 0.25) is 0 Å². The zero-order chi connectivity index (χ0) is 52.9. The van der Waals surface area contributed by atoms with E-state index in [0.29, 0.717) is 19.4 Å². The first-order chi connectivity index (χ1) is 36.0. The summed E-state index contributed by atoms with van der Waals surface area (Å²) in [6.45, 7) is 4.88. The number of esters is 1. The van der Waals surface area contributed by atoms with Crippen molar-refractivity contribution in [3.8, 4) is 0 Å². The number of rotatable bonds is 60. The molecule has 0 aliphatic carbocycles. The maximum absolute atomic E-state index is 12.4. The third-order valence-electron chi connectivity index (χ3n) is 14.8. The first-order valence-electron chi connectivity index (χ1n) is 32.4. The molecule has 0 saturated carbocycles. The highest BCUT2D eigenvalue weighted by atomic mass is 16.5. The Labute approximate surface area is 455 Å². The van der Waals surface area contributed by atoms with E-state index in [1.54, 1.807) is 6.08 Å². The first kappa shape index (κ1) is 70.8. The van der Waals surface area contributed by atoms with Gasteiger partial charge < -0.3 is 20.3 Å². The van der Waals surface area contributed by atoms with Crippen LogP contribution in [0.5, 0.6) is 0 Å². The summed E-state index contributed by atoms with van der Waals surface area (Å²) in [6.07, 6.45) is 80.3. The van der Waals surface area contributed by atoms with Gasteiger partial charge in [-0.2, -0.15) is 0 Å². The second-order valence-corrected chi connectivity index (χ2v) is 22.1. The molecular weight excluding hydrogens is 899 g/mol. The minimum absolute atomic E-state index is 0.00403. The van der Waals surface area contributed by atoms with Crippen LogP contribution in [-0.4, -0.2) is 47.4 Å². The SMILES string of the molecule is CCCCCCC/C=C\CCCCCCCC(=O)OCCCCCCCCCCC/C=C\C/C=C\CCCCCCCCCCCCCCCCCC(=O)NC(CO)C(O)/C=C/CCCCCCCCCCC. The van der Waals surface area contributed by atoms with E-state index >= 15 is 0 Å². The lowest BCUT2D eigenvalue weighted by Crippen LogP contribution is -2.45. The van der Waals surface area contributed by atoms with Crippen molar-refractivity contribution < 1.29 is 24.5 Å². The molecule has 1 amide bonds. The fourth-order valence-corrected chi connectivity index (χ4v) is 9.84. The van der Waals surface area contributed by atoms with Crippen molar-refractivity contribution in [2.75, 3.05) is 13.2 Å². The normalized spacial score (nSPS) is 12.9. The van der Waals surface area contributed by atoms with Crippen LogP contribution in [0.25, 0.3) is 0 Å². The lowest BCUT2D eigenvalue weighted by atomic mass is 10.0. The molecule has 0 fully saturated rings. The summed E-state index contributed by atoms with van der Waals surface area (Å²) in [6, 6.07) is -0.626. The predicted octanol–water partition coefficient (Wildman–Crippen LogP) is 20.5. The fourth-order valence-electron chi connectivity index (χ4n) is 9.84. The standard InChI is InChI=1S/C67H125NO5/c1-3-5-7-9-11-13-15-16-37-41-45-49-53-57-61-67(72)73-62-58-54-50-46-42-38-35-33-31-29-27-25-23-21-19-17-18-20-22-24-26-28-30-32-34-36-40-44-48-52-56-60-66(71)68-64(63-69)65(70)59-55-51-47-43-39-14-12-10-8-6-4-2/h15-16,19,21,25,27,55,59,64-65,69-70H,3-14,17-18,20,22-24,26,28-54,56-58,60-63H2,1-2H3,(H,68,71)/b16-15-,21-19-,27-25-,59-55+. The summed E-state index contributed by atoms with van der Waals surface area (Å²) >= 11 is 0. The Morgan fingerprint density at radius 3 is 1.05 bits per heavy atom. The zero-order valence-electron chi connectivity index (χ0n) is 48.9. The number of carbonyl (C=O) groups excluding carboxylic acids is 2. The number of hydrogen-bond acceptors (Lipinski definition) is 5. The number of ether oxygens (including phenoxy) is 1. The topological polar surface area (TPSA) is 95.9 Å². The van der Waals surface area contributed by atoms with E-state index in [0.717, 1.165) is 51.4 Å². The van der Waals surface area contributed by atoms with Crippen LogP contribution in [0, 0.1) is 0 Å². The molecule has 6 nitrogen and oxygen atoms in total. The molecule has 0 heterocycles. The molecule has 0 bridgehead atoms. The second kappa shape index (κ2) is 62.4. The van der Waals surface area contributed by atoms with E-state index < -0.39 is 12.1 Å². The Morgan fingerprint density at radius 2 is 0.685 bits per heavy atom. The van der Waals surface area contributed by atoms with Crippen molar-refractivity contribution in [3.05, 3.63) is 48.6 Å². The minimum Gasteiger partial charge on any atom is -0.466 e. The molecule has 73 heavy (non-hydrogen) atoms. The van der Waals surface area contributed by atoms with Gasteiger partial charge in [0.2, 0.25) is 5.91 Å². The van der Waals surface area contributed by atoms with Crippen molar-refractivity contribution >= 4 is 11.9 Å². The maximum Gasteiger partial charge on any atom is 0.305 e. The number of aliphatic hydroxyl groups is 2. The molecule has 0 aromatic rings. The average molecular weight is 1020 g/mol. The molecule has 0 aliphatic heterocycles. The van der Waals surface area contributed by atoms with Crippen LogP contribution >= 0.6 is 0 Å². The molecule has 2 unspecified atom stereocenters. The Morgan fingerprint density at radius 1 is 0.384 bits per heavy atom. The van der Waals surface area contributed by atoms with Gasteiger partial charge in [-0.1, -0.05) is 287 Å². The number of nitrogens with one attached hydrogen (secondary N) is 1. The molecule has 6 heteroatoms. The largest absolute Gasteiger partial charge is 0.466 e. The van der Waals surface area contributed by atoms with Crippen LogP contribution in [-0.2, 0) is 14.3 Å². The summed E-state index contributed by atoms with van der Waals surface area (Å²) in [5, 5.41) is 23.0. The summed E-state index contributed by atoms with van der Waals surface area (Å²) in [7, 11) is 0. The lowest BCUT2D eigenvalue weighted by molar-refractivity contribution is -0.143. The summed E-state index contributed by atoms with van der Waals surface area (Å²) < 4.78 is 5.48. The Hall–Kier alpha value is -2.18. The van der Waals surface area contributed by atoms with Crippen LogP contribution < -0.4 is 5.32 Å². The average Bonchev–Trinajstić information content (AvgIpc) is 3.39. The Bertz CT molecular complexity index is 1230. The third-order valence-corrected chi connectivity index (χ3v) is 14.8. The highest BCUT2D eigenvalue weighted by Gasteiger charge is 2.18. The highest BCUT2D eigenvalue weighted by molar-refractivity contribution is 5.76. The van der Waals surface area contributed by atoms with Gasteiger partial charge >= 0.3 is 5.97 Å². The van der Waals surface area contributed by atoms with Gasteiger partial charge in [0.15, 0.2) is 0 Å². The number of unbranched alkanes of at least 4 members (excludes halogenated alkanes) is 43. The van der Waals surface area contributed by atoms with Gasteiger partial charge in [-0.25, -0.2) is 0 Å². The van der Waals surface area contributed by atoms with Crippen LogP contribution in [0.4, 0.5) is 0 Å². The monoisotopic (exact) mass is 1020 g/mol. The van der Waals surface area contributed by atoms with Crippen molar-refractivity contribution in [2.24, 2.45) is 0 Å². The molecule has 0 spiro atoms. The maximum atomic E-state index is 12.4. The molecule has 3 N–H and O–H groups in total. The molecule has 428 valence electrons. The number of aliphatic hydroxyl groups excluding tert-OH is 2. The van der Waals surface area contributed by atoms with E-state index in [1.165, 1.54) is 263 Å². The van der Waals surface area contributed by atoms with Gasteiger partial charge in [0, 0.05) is 12.8 Å². The molecule has 0 aromatic heterocycles. The van der Waals surface area contributed by atoms with Crippen molar-refractivity contribution in [3.63, 3.8) is 0 Å². The molecule has 0 aliphatic rings. The van der Waals surface area contributed by atoms with Crippen molar-refractivity contribution in [1.29, 1.82) is 0 Å². The van der Waals surface area contributed by atoms with Gasteiger partial charge in [0.25, 0.3) is 0 Å². The van der Waals surface area contributed by atoms with E-state index in [2.05, 4.69) is 55.6 Å². The van der Waals surface area contributed by atoms with E-state index in [4.69, 9.17) is 4.74 Å². The second-order valence-electron chi connectivity index (χ2n) is 22.1. The van der Waals surface area contributed by atoms with E-state index in [-0.39, 0.29) is 18.5 Å². The van der Waals surface area contributed by atoms with Gasteiger partial charge in [0.1, 0.15) is 0 Å². The third kappa shape index (κ3) is 58.9. The first-order valence-corrected chi connectivity index (χ1v) is 32.4. The molecule has 0 aromatic carbocycles. The number of allylic oxidation sites excluding steroid dienone is 7. The van der Waals surface area contributed by atoms with Gasteiger partial charge in [-0.3, -0.25) is 9.59 Å². The number of hydrogen-bond donors (Lipinski definition) is 3. The molecule has 2 atom stereocenters. The molecule has 0 saturated heterocycles. The quantitative estimate of drug-likeness (QED) is 0.0320. The van der Waals surface area contributed by atoms with Crippen LogP contribution in [0.3, 0.4) is 0 Å². The zero-order valence-corrected chi connectivity index (χ0v) is 48.9. The Kier molecular flexibility index (Phi) is 60.5. The number of carbonyl (C=O) groups is 2. The van der Waals surface area contributed by atoms with Gasteiger partial charge in [0.05, 0.1) is 25.4 Å². The Balaban J connectivity index is 3.39. The highest BCUT2D eigenvalue weighted by Crippen LogP contribution is 2.17. The molecular formula is C67H125NO5. The van der Waals surface area contributed by atoms with E-state index in [9.17, 15) is 19.8 Å². The summed E-state index contributed by atoms with van der Waals surface area (Å²) in [5.74, 6) is -0.0642. The fraction of sp³-hybridized carbons (Fsp3) is 0.851. The minimum atomic E-state index is -0.843. The predicted molar refractivity (Wildman–Crippen MR) is 319 cm³/mol. The molecule has 0 rings (SSSR count). The summed E-state index contributed by atoms with van der Waals surface area (Å²) in [5.41, 5.74) is 0. The molecule has 0 radical (unpaired) electrons. The smallest absolute Gasteiger partial charge is 0.305 e. The van der Waals surface area contributed by atoms with Crippen molar-refractivity contribution in [1.82, 2.24) is 5.32 Å². The number of amides is 1. The lowest BCUT2D eigenvalue weighted by Gasteiger charge is -2.20. The summed E-state index contributed by atoms with van der Waals surface area (Å²) in [4.78, 5) is 24.5. The van der Waals surface area contributed by atoms with E-state index in [1.807, 2.05) is 6.08 Å². The van der Waals surface area contributed by atoms with Gasteiger partial charge in [-0.15, -0.1) is 0 Å². The van der Waals surface area contributed by atoms with Gasteiger partial charge in [-0.05, 0) is 89.9 Å². The van der Waals surface area contributed by atoms with Crippen LogP contribution in [0.1, 0.15) is 341 Å². The van der Waals surface area contributed by atoms with Crippen LogP contribution in [0.15, 0.2) is 48.6 Å².